The van der Waals surface area contributed by atoms with Crippen molar-refractivity contribution < 1.29 is 4.79 Å². The topological polar surface area (TPSA) is 76.7 Å². The van der Waals surface area contributed by atoms with Crippen molar-refractivity contribution >= 4 is 5.78 Å². The SMILES string of the molecule is Cn1cc(C(=O)c2cn[nH]c2)cc1CN. The van der Waals surface area contributed by atoms with Crippen LogP contribution in [0.1, 0.15) is 21.6 Å². The number of nitrogens with two attached hydrogens (primary N) is 1. The number of rotatable bonds is 3. The first-order valence-corrected chi connectivity index (χ1v) is 4.61. The Hall–Kier alpha value is -1.88. The molecule has 3 N–H and O–H groups in total. The van der Waals surface area contributed by atoms with Crippen LogP contribution in [-0.4, -0.2) is 20.5 Å². The van der Waals surface area contributed by atoms with Gasteiger partial charge in [-0.1, -0.05) is 0 Å². The van der Waals surface area contributed by atoms with Crippen molar-refractivity contribution in [1.82, 2.24) is 14.8 Å². The molecular weight excluding hydrogens is 192 g/mol. The number of carbonyl (C=O) groups excluding carboxylic acids is 1. The highest BCUT2D eigenvalue weighted by Gasteiger charge is 2.12. The third-order valence-corrected chi connectivity index (χ3v) is 2.34. The average Bonchev–Trinajstić information content (AvgIpc) is 2.85. The summed E-state index contributed by atoms with van der Waals surface area (Å²) in [4.78, 5) is 11.9. The Balaban J connectivity index is 2.34. The zero-order chi connectivity index (χ0) is 10.8. The molecule has 0 atom stereocenters. The maximum atomic E-state index is 11.9. The summed E-state index contributed by atoms with van der Waals surface area (Å²) in [6.45, 7) is 0.426. The van der Waals surface area contributed by atoms with Crippen LogP contribution in [0.3, 0.4) is 0 Å². The van der Waals surface area contributed by atoms with E-state index in [9.17, 15) is 4.79 Å². The quantitative estimate of drug-likeness (QED) is 0.712. The summed E-state index contributed by atoms with van der Waals surface area (Å²) in [5.74, 6) is -0.0425. The van der Waals surface area contributed by atoms with E-state index in [-0.39, 0.29) is 5.78 Å². The molecule has 0 amide bonds. The molecule has 0 unspecified atom stereocenters. The van der Waals surface area contributed by atoms with Crippen molar-refractivity contribution in [1.29, 1.82) is 0 Å². The Morgan fingerprint density at radius 2 is 2.40 bits per heavy atom. The van der Waals surface area contributed by atoms with E-state index in [4.69, 9.17) is 5.73 Å². The van der Waals surface area contributed by atoms with Crippen molar-refractivity contribution in [3.8, 4) is 0 Å². The number of aromatic nitrogens is 3. The second-order valence-corrected chi connectivity index (χ2v) is 3.35. The number of aromatic amines is 1. The largest absolute Gasteiger partial charge is 0.353 e. The van der Waals surface area contributed by atoms with E-state index in [0.29, 0.717) is 17.7 Å². The third-order valence-electron chi connectivity index (χ3n) is 2.34. The van der Waals surface area contributed by atoms with E-state index >= 15 is 0 Å². The summed E-state index contributed by atoms with van der Waals surface area (Å²) in [5, 5.41) is 6.35. The van der Waals surface area contributed by atoms with Crippen LogP contribution in [0.5, 0.6) is 0 Å². The molecule has 0 aliphatic rings. The molecule has 2 heterocycles. The van der Waals surface area contributed by atoms with Gasteiger partial charge in [0.1, 0.15) is 0 Å². The Morgan fingerprint density at radius 3 is 2.93 bits per heavy atom. The minimum Gasteiger partial charge on any atom is -0.353 e. The van der Waals surface area contributed by atoms with Gasteiger partial charge in [-0.2, -0.15) is 5.10 Å². The zero-order valence-corrected chi connectivity index (χ0v) is 8.40. The maximum absolute atomic E-state index is 11.9. The Labute approximate surface area is 86.9 Å². The van der Waals surface area contributed by atoms with E-state index in [1.54, 1.807) is 18.5 Å². The van der Waals surface area contributed by atoms with E-state index in [2.05, 4.69) is 10.2 Å². The zero-order valence-electron chi connectivity index (χ0n) is 8.40. The molecule has 2 aromatic heterocycles. The fourth-order valence-electron chi connectivity index (χ4n) is 1.48. The summed E-state index contributed by atoms with van der Waals surface area (Å²) >= 11 is 0. The Kier molecular flexibility index (Phi) is 2.39. The standard InChI is InChI=1S/C10H12N4O/c1-14-6-7(2-9(14)3-11)10(15)8-4-12-13-5-8/h2,4-6H,3,11H2,1H3,(H,12,13). The normalized spacial score (nSPS) is 10.5. The van der Waals surface area contributed by atoms with Crippen LogP contribution in [0.25, 0.3) is 0 Å². The van der Waals surface area contributed by atoms with Crippen molar-refractivity contribution in [3.63, 3.8) is 0 Å². The lowest BCUT2D eigenvalue weighted by Crippen LogP contribution is -2.01. The molecule has 0 aliphatic carbocycles. The monoisotopic (exact) mass is 204 g/mol. The number of hydrogen-bond donors (Lipinski definition) is 2. The van der Waals surface area contributed by atoms with Crippen molar-refractivity contribution in [2.45, 2.75) is 6.54 Å². The lowest BCUT2D eigenvalue weighted by Gasteiger charge is -1.95. The molecule has 5 heteroatoms. The van der Waals surface area contributed by atoms with Gasteiger partial charge in [0.15, 0.2) is 5.78 Å². The van der Waals surface area contributed by atoms with Crippen molar-refractivity contribution in [2.75, 3.05) is 0 Å². The molecule has 0 saturated carbocycles. The molecule has 0 aliphatic heterocycles. The van der Waals surface area contributed by atoms with Crippen LogP contribution >= 0.6 is 0 Å². The van der Waals surface area contributed by atoms with E-state index in [1.807, 2.05) is 11.6 Å². The van der Waals surface area contributed by atoms with Crippen molar-refractivity contribution in [2.24, 2.45) is 12.8 Å². The van der Waals surface area contributed by atoms with Crippen LogP contribution in [0.2, 0.25) is 0 Å². The molecule has 78 valence electrons. The van der Waals surface area contributed by atoms with Gasteiger partial charge in [0.05, 0.1) is 11.8 Å². The van der Waals surface area contributed by atoms with Gasteiger partial charge in [-0.25, -0.2) is 0 Å². The number of nitrogens with one attached hydrogen (secondary N) is 1. The first kappa shape index (κ1) is 9.67. The fraction of sp³-hybridized carbons (Fsp3) is 0.200. The summed E-state index contributed by atoms with van der Waals surface area (Å²) in [5.41, 5.74) is 7.66. The predicted molar refractivity (Wildman–Crippen MR) is 55.3 cm³/mol. The predicted octanol–water partition coefficient (Wildman–Crippen LogP) is 0.438. The first-order chi connectivity index (χ1) is 7.22. The number of nitrogens with zero attached hydrogens (tertiary/aromatic N) is 2. The third kappa shape index (κ3) is 1.69. The highest BCUT2D eigenvalue weighted by atomic mass is 16.1. The number of carbonyl (C=O) groups is 1. The van der Waals surface area contributed by atoms with Crippen LogP contribution in [0.15, 0.2) is 24.7 Å². The fourth-order valence-corrected chi connectivity index (χ4v) is 1.48. The summed E-state index contributed by atoms with van der Waals surface area (Å²) in [6.07, 6.45) is 4.87. The molecule has 0 fully saturated rings. The molecule has 5 nitrogen and oxygen atoms in total. The average molecular weight is 204 g/mol. The molecule has 2 aromatic rings. The first-order valence-electron chi connectivity index (χ1n) is 4.61. The Bertz CT molecular complexity index is 470. The Morgan fingerprint density at radius 1 is 1.60 bits per heavy atom. The van der Waals surface area contributed by atoms with Gasteiger partial charge in [-0.05, 0) is 6.07 Å². The van der Waals surface area contributed by atoms with Gasteiger partial charge in [0, 0.05) is 37.2 Å². The van der Waals surface area contributed by atoms with Crippen LogP contribution in [0, 0.1) is 0 Å². The van der Waals surface area contributed by atoms with Crippen LogP contribution in [0.4, 0.5) is 0 Å². The van der Waals surface area contributed by atoms with Gasteiger partial charge in [0.25, 0.3) is 0 Å². The molecule has 15 heavy (non-hydrogen) atoms. The van der Waals surface area contributed by atoms with Gasteiger partial charge < -0.3 is 10.3 Å². The molecule has 2 rings (SSSR count). The highest BCUT2D eigenvalue weighted by molar-refractivity contribution is 6.08. The summed E-state index contributed by atoms with van der Waals surface area (Å²) in [7, 11) is 1.87. The van der Waals surface area contributed by atoms with Crippen LogP contribution in [-0.2, 0) is 13.6 Å². The number of aryl methyl sites for hydroxylation is 1. The van der Waals surface area contributed by atoms with E-state index < -0.39 is 0 Å². The van der Waals surface area contributed by atoms with E-state index in [0.717, 1.165) is 5.69 Å². The molecule has 0 spiro atoms. The number of hydrogen-bond acceptors (Lipinski definition) is 3. The van der Waals surface area contributed by atoms with Gasteiger partial charge in [-0.3, -0.25) is 9.89 Å². The van der Waals surface area contributed by atoms with E-state index in [1.165, 1.54) is 6.20 Å². The smallest absolute Gasteiger partial charge is 0.197 e. The maximum Gasteiger partial charge on any atom is 0.197 e. The molecule has 0 aromatic carbocycles. The molecule has 0 saturated heterocycles. The summed E-state index contributed by atoms with van der Waals surface area (Å²) < 4.78 is 1.85. The van der Waals surface area contributed by atoms with Gasteiger partial charge >= 0.3 is 0 Å². The molecule has 0 bridgehead atoms. The van der Waals surface area contributed by atoms with Crippen molar-refractivity contribution in [3.05, 3.63) is 41.5 Å². The summed E-state index contributed by atoms with van der Waals surface area (Å²) in [6, 6.07) is 1.80. The second-order valence-electron chi connectivity index (χ2n) is 3.35. The van der Waals surface area contributed by atoms with Gasteiger partial charge in [0.2, 0.25) is 0 Å². The highest BCUT2D eigenvalue weighted by Crippen LogP contribution is 2.11. The molecular formula is C10H12N4O. The van der Waals surface area contributed by atoms with Crippen LogP contribution < -0.4 is 5.73 Å². The molecule has 0 radical (unpaired) electrons. The second kappa shape index (κ2) is 3.70. The number of H-pyrrole nitrogens is 1. The number of ketones is 1. The lowest BCUT2D eigenvalue weighted by atomic mass is 10.1. The minimum atomic E-state index is -0.0425. The van der Waals surface area contributed by atoms with Gasteiger partial charge in [-0.15, -0.1) is 0 Å². The lowest BCUT2D eigenvalue weighted by molar-refractivity contribution is 0.103. The minimum absolute atomic E-state index is 0.0425.